The minimum absolute atomic E-state index is 0.233. The Morgan fingerprint density at radius 1 is 1.07 bits per heavy atom. The summed E-state index contributed by atoms with van der Waals surface area (Å²) in [4.78, 5) is 22.2. The third kappa shape index (κ3) is 1.46. The zero-order valence-electron chi connectivity index (χ0n) is 7.24. The number of amides is 2. The maximum Gasteiger partial charge on any atom is 0.241 e. The molecule has 1 aliphatic heterocycles. The molecule has 1 aliphatic rings. The number of imide groups is 1. The Kier molecular flexibility index (Phi) is 2.37. The molecule has 2 atom stereocenters. The monoisotopic (exact) mass is 253 g/mol. The van der Waals surface area contributed by atoms with Crippen molar-refractivity contribution in [3.8, 4) is 0 Å². The number of hydrogen-bond donors (Lipinski definition) is 1. The maximum absolute atomic E-state index is 11.4. The Morgan fingerprint density at radius 2 is 1.71 bits per heavy atom. The van der Waals surface area contributed by atoms with Gasteiger partial charge in [0.05, 0.1) is 5.92 Å². The number of nitrogens with one attached hydrogen (secondary N) is 1. The van der Waals surface area contributed by atoms with E-state index < -0.39 is 10.7 Å². The van der Waals surface area contributed by atoms with Crippen molar-refractivity contribution in [2.75, 3.05) is 0 Å². The molecule has 1 saturated heterocycles. The lowest BCUT2D eigenvalue weighted by molar-refractivity contribution is -0.125. The SMILES string of the molecule is O=C1NC(=O)C(c2ccccc2)C1Br. The molecule has 0 radical (unpaired) electrons. The van der Waals surface area contributed by atoms with Crippen LogP contribution in [0.4, 0.5) is 0 Å². The van der Waals surface area contributed by atoms with Gasteiger partial charge in [0.1, 0.15) is 4.83 Å². The van der Waals surface area contributed by atoms with Gasteiger partial charge < -0.3 is 0 Å². The minimum Gasteiger partial charge on any atom is -0.295 e. The van der Waals surface area contributed by atoms with Gasteiger partial charge in [0.15, 0.2) is 0 Å². The van der Waals surface area contributed by atoms with Gasteiger partial charge in [-0.1, -0.05) is 46.3 Å². The number of alkyl halides is 1. The lowest BCUT2D eigenvalue weighted by Crippen LogP contribution is -2.22. The molecule has 14 heavy (non-hydrogen) atoms. The van der Waals surface area contributed by atoms with Crippen molar-refractivity contribution in [3.63, 3.8) is 0 Å². The van der Waals surface area contributed by atoms with Gasteiger partial charge in [-0.25, -0.2) is 0 Å². The quantitative estimate of drug-likeness (QED) is 0.604. The highest BCUT2D eigenvalue weighted by molar-refractivity contribution is 9.10. The zero-order chi connectivity index (χ0) is 10.1. The third-order valence-corrected chi connectivity index (χ3v) is 3.18. The molecule has 0 aromatic heterocycles. The lowest BCUT2D eigenvalue weighted by Gasteiger charge is -2.08. The van der Waals surface area contributed by atoms with Crippen molar-refractivity contribution < 1.29 is 9.59 Å². The van der Waals surface area contributed by atoms with E-state index in [1.54, 1.807) is 0 Å². The Bertz CT molecular complexity index is 377. The van der Waals surface area contributed by atoms with Crippen LogP contribution in [0.2, 0.25) is 0 Å². The molecular weight excluding hydrogens is 246 g/mol. The molecular formula is C10H8BrNO2. The highest BCUT2D eigenvalue weighted by Crippen LogP contribution is 2.29. The van der Waals surface area contributed by atoms with Crippen LogP contribution in [0.1, 0.15) is 11.5 Å². The van der Waals surface area contributed by atoms with Gasteiger partial charge in [-0.3, -0.25) is 14.9 Å². The van der Waals surface area contributed by atoms with Gasteiger partial charge in [0, 0.05) is 0 Å². The van der Waals surface area contributed by atoms with Gasteiger partial charge >= 0.3 is 0 Å². The first-order valence-electron chi connectivity index (χ1n) is 4.24. The van der Waals surface area contributed by atoms with E-state index in [1.165, 1.54) is 0 Å². The summed E-state index contributed by atoms with van der Waals surface area (Å²) in [5, 5.41) is 2.29. The molecule has 1 N–H and O–H groups in total. The first-order valence-corrected chi connectivity index (χ1v) is 5.15. The molecule has 2 amide bonds. The van der Waals surface area contributed by atoms with E-state index in [9.17, 15) is 9.59 Å². The smallest absolute Gasteiger partial charge is 0.241 e. The van der Waals surface area contributed by atoms with Gasteiger partial charge in [0.2, 0.25) is 11.8 Å². The van der Waals surface area contributed by atoms with E-state index in [2.05, 4.69) is 21.2 Å². The Labute approximate surface area is 89.6 Å². The second-order valence-electron chi connectivity index (χ2n) is 3.14. The average molecular weight is 254 g/mol. The first-order chi connectivity index (χ1) is 6.70. The Morgan fingerprint density at radius 3 is 2.21 bits per heavy atom. The van der Waals surface area contributed by atoms with E-state index in [1.807, 2.05) is 30.3 Å². The zero-order valence-corrected chi connectivity index (χ0v) is 8.82. The van der Waals surface area contributed by atoms with E-state index in [-0.39, 0.29) is 11.8 Å². The van der Waals surface area contributed by atoms with Gasteiger partial charge in [-0.15, -0.1) is 0 Å². The van der Waals surface area contributed by atoms with Gasteiger partial charge in [0.25, 0.3) is 0 Å². The predicted molar refractivity (Wildman–Crippen MR) is 55.0 cm³/mol. The van der Waals surface area contributed by atoms with Crippen LogP contribution < -0.4 is 5.32 Å². The number of carbonyl (C=O) groups is 2. The number of halogens is 1. The number of rotatable bonds is 1. The second-order valence-corrected chi connectivity index (χ2v) is 4.13. The molecule has 2 unspecified atom stereocenters. The van der Waals surface area contributed by atoms with Crippen LogP contribution in [0.15, 0.2) is 30.3 Å². The summed E-state index contributed by atoms with van der Waals surface area (Å²) >= 11 is 3.21. The standard InChI is InChI=1S/C10H8BrNO2/c11-8-7(9(13)12-10(8)14)6-4-2-1-3-5-6/h1-5,7-8H,(H,12,13,14). The molecule has 0 bridgehead atoms. The predicted octanol–water partition coefficient (Wildman–Crippen LogP) is 1.19. The fourth-order valence-corrected chi connectivity index (χ4v) is 2.19. The summed E-state index contributed by atoms with van der Waals surface area (Å²) in [7, 11) is 0. The van der Waals surface area contributed by atoms with E-state index >= 15 is 0 Å². The van der Waals surface area contributed by atoms with Crippen molar-refractivity contribution in [2.45, 2.75) is 10.7 Å². The highest BCUT2D eigenvalue weighted by atomic mass is 79.9. The molecule has 3 nitrogen and oxygen atoms in total. The number of hydrogen-bond acceptors (Lipinski definition) is 2. The van der Waals surface area contributed by atoms with E-state index in [0.29, 0.717) is 0 Å². The summed E-state index contributed by atoms with van der Waals surface area (Å²) in [6.07, 6.45) is 0. The molecule has 2 rings (SSSR count). The van der Waals surface area contributed by atoms with Crippen molar-refractivity contribution >= 4 is 27.7 Å². The molecule has 1 aromatic rings. The van der Waals surface area contributed by atoms with Crippen LogP contribution >= 0.6 is 15.9 Å². The second kappa shape index (κ2) is 3.53. The average Bonchev–Trinajstić information content (AvgIpc) is 2.43. The van der Waals surface area contributed by atoms with Crippen LogP contribution in [0.5, 0.6) is 0 Å². The largest absolute Gasteiger partial charge is 0.295 e. The van der Waals surface area contributed by atoms with E-state index in [4.69, 9.17) is 0 Å². The van der Waals surface area contributed by atoms with Crippen molar-refractivity contribution in [3.05, 3.63) is 35.9 Å². The fraction of sp³-hybridized carbons (Fsp3) is 0.200. The molecule has 72 valence electrons. The maximum atomic E-state index is 11.4. The molecule has 0 saturated carbocycles. The van der Waals surface area contributed by atoms with Crippen LogP contribution in [0, 0.1) is 0 Å². The fourth-order valence-electron chi connectivity index (χ4n) is 1.53. The summed E-state index contributed by atoms with van der Waals surface area (Å²) in [5.41, 5.74) is 0.859. The van der Waals surface area contributed by atoms with Gasteiger partial charge in [-0.05, 0) is 5.56 Å². The number of benzene rings is 1. The summed E-state index contributed by atoms with van der Waals surface area (Å²) < 4.78 is 0. The molecule has 1 aromatic carbocycles. The summed E-state index contributed by atoms with van der Waals surface area (Å²) in [6.45, 7) is 0. The minimum atomic E-state index is -0.447. The molecule has 4 heteroatoms. The topological polar surface area (TPSA) is 46.2 Å². The third-order valence-electron chi connectivity index (χ3n) is 2.23. The normalized spacial score (nSPS) is 26.4. The van der Waals surface area contributed by atoms with Gasteiger partial charge in [-0.2, -0.15) is 0 Å². The molecule has 1 fully saturated rings. The highest BCUT2D eigenvalue weighted by Gasteiger charge is 2.40. The first kappa shape index (κ1) is 9.40. The number of carbonyl (C=O) groups excluding carboxylic acids is 2. The van der Waals surface area contributed by atoms with Crippen molar-refractivity contribution in [1.82, 2.24) is 5.32 Å². The van der Waals surface area contributed by atoms with E-state index in [0.717, 1.165) is 5.56 Å². The summed E-state index contributed by atoms with van der Waals surface area (Å²) in [5.74, 6) is -0.893. The Balaban J connectivity index is 2.36. The van der Waals surface area contributed by atoms with Crippen molar-refractivity contribution in [1.29, 1.82) is 0 Å². The van der Waals surface area contributed by atoms with Crippen molar-refractivity contribution in [2.24, 2.45) is 0 Å². The molecule has 1 heterocycles. The van der Waals surface area contributed by atoms with Crippen LogP contribution in [-0.2, 0) is 9.59 Å². The molecule has 0 aliphatic carbocycles. The lowest BCUT2D eigenvalue weighted by atomic mass is 9.98. The molecule has 0 spiro atoms. The van der Waals surface area contributed by atoms with Crippen LogP contribution in [0.3, 0.4) is 0 Å². The Hall–Kier alpha value is -1.16. The summed E-state index contributed by atoms with van der Waals surface area (Å²) in [6, 6.07) is 9.27. The van der Waals surface area contributed by atoms with Crippen LogP contribution in [-0.4, -0.2) is 16.6 Å². The van der Waals surface area contributed by atoms with Crippen LogP contribution in [0.25, 0.3) is 0 Å².